The Balaban J connectivity index is 2.71. The molecule has 0 saturated heterocycles. The highest BCUT2D eigenvalue weighted by molar-refractivity contribution is 9.10. The van der Waals surface area contributed by atoms with Gasteiger partial charge >= 0.3 is 5.97 Å². The minimum absolute atomic E-state index is 0.332. The van der Waals surface area contributed by atoms with Gasteiger partial charge in [-0.05, 0) is 34.5 Å². The van der Waals surface area contributed by atoms with Crippen LogP contribution in [0.15, 0.2) is 22.9 Å². The molecule has 0 amide bonds. The van der Waals surface area contributed by atoms with Gasteiger partial charge in [-0.1, -0.05) is 6.92 Å². The average molecular weight is 244 g/mol. The van der Waals surface area contributed by atoms with Gasteiger partial charge in [-0.25, -0.2) is 9.78 Å². The van der Waals surface area contributed by atoms with Crippen molar-refractivity contribution in [1.82, 2.24) is 4.98 Å². The molecule has 0 unspecified atom stereocenters. The molecular weight excluding hydrogens is 234 g/mol. The first-order valence-corrected chi connectivity index (χ1v) is 4.82. The Morgan fingerprint density at radius 1 is 1.69 bits per heavy atom. The summed E-state index contributed by atoms with van der Waals surface area (Å²) in [5, 5.41) is 0. The zero-order valence-electron chi connectivity index (χ0n) is 7.29. The molecule has 0 aromatic carbocycles. The monoisotopic (exact) mass is 243 g/mol. The lowest BCUT2D eigenvalue weighted by Gasteiger charge is -2.03. The van der Waals surface area contributed by atoms with Crippen molar-refractivity contribution in [2.45, 2.75) is 13.3 Å². The summed E-state index contributed by atoms with van der Waals surface area (Å²) in [4.78, 5) is 15.3. The summed E-state index contributed by atoms with van der Waals surface area (Å²) in [6, 6.07) is 3.38. The van der Waals surface area contributed by atoms with E-state index in [1.54, 1.807) is 18.3 Å². The van der Waals surface area contributed by atoms with Gasteiger partial charge in [0.05, 0.1) is 12.2 Å². The van der Waals surface area contributed by atoms with Gasteiger partial charge in [-0.3, -0.25) is 0 Å². The standard InChI is InChI=1S/C9H10BrNO2/c1-2-6-13-9(12)7-4-3-5-11-8(7)10/h3-5H,2,6H2,1H3. The second-order valence-corrected chi connectivity index (χ2v) is 3.23. The minimum Gasteiger partial charge on any atom is -0.462 e. The van der Waals surface area contributed by atoms with Crippen LogP contribution in [0.1, 0.15) is 23.7 Å². The van der Waals surface area contributed by atoms with Crippen molar-refractivity contribution in [3.05, 3.63) is 28.5 Å². The quantitative estimate of drug-likeness (QED) is 0.605. The van der Waals surface area contributed by atoms with Gasteiger partial charge in [0.15, 0.2) is 0 Å². The van der Waals surface area contributed by atoms with Crippen molar-refractivity contribution in [3.63, 3.8) is 0 Å². The Hall–Kier alpha value is -0.900. The van der Waals surface area contributed by atoms with Crippen LogP contribution in [0.5, 0.6) is 0 Å². The van der Waals surface area contributed by atoms with Gasteiger partial charge in [-0.15, -0.1) is 0 Å². The van der Waals surface area contributed by atoms with Crippen LogP contribution in [0.4, 0.5) is 0 Å². The molecule has 70 valence electrons. The first-order chi connectivity index (χ1) is 6.25. The number of halogens is 1. The summed E-state index contributed by atoms with van der Waals surface area (Å²) < 4.78 is 5.47. The molecule has 0 fully saturated rings. The summed E-state index contributed by atoms with van der Waals surface area (Å²) in [6.45, 7) is 2.39. The van der Waals surface area contributed by atoms with E-state index in [0.717, 1.165) is 6.42 Å². The maximum atomic E-state index is 11.3. The molecule has 0 spiro atoms. The fraction of sp³-hybridized carbons (Fsp3) is 0.333. The van der Waals surface area contributed by atoms with E-state index in [4.69, 9.17) is 4.74 Å². The molecule has 0 atom stereocenters. The number of nitrogens with zero attached hydrogens (tertiary/aromatic N) is 1. The van der Waals surface area contributed by atoms with Crippen LogP contribution < -0.4 is 0 Å². The summed E-state index contributed by atoms with van der Waals surface area (Å²) in [5.41, 5.74) is 0.468. The zero-order chi connectivity index (χ0) is 9.68. The van der Waals surface area contributed by atoms with E-state index >= 15 is 0 Å². The van der Waals surface area contributed by atoms with Crippen LogP contribution in [-0.4, -0.2) is 17.6 Å². The second-order valence-electron chi connectivity index (χ2n) is 2.48. The number of esters is 1. The highest BCUT2D eigenvalue weighted by Gasteiger charge is 2.10. The normalized spacial score (nSPS) is 9.69. The highest BCUT2D eigenvalue weighted by atomic mass is 79.9. The van der Waals surface area contributed by atoms with Gasteiger partial charge in [-0.2, -0.15) is 0 Å². The second kappa shape index (κ2) is 4.97. The molecule has 4 heteroatoms. The van der Waals surface area contributed by atoms with Crippen LogP contribution in [0.3, 0.4) is 0 Å². The first kappa shape index (κ1) is 10.2. The van der Waals surface area contributed by atoms with Crippen molar-refractivity contribution >= 4 is 21.9 Å². The van der Waals surface area contributed by atoms with E-state index < -0.39 is 0 Å². The summed E-state index contributed by atoms with van der Waals surface area (Å²) >= 11 is 3.18. The molecule has 13 heavy (non-hydrogen) atoms. The first-order valence-electron chi connectivity index (χ1n) is 4.03. The number of hydrogen-bond acceptors (Lipinski definition) is 3. The van der Waals surface area contributed by atoms with E-state index in [9.17, 15) is 4.79 Å². The van der Waals surface area contributed by atoms with Gasteiger partial charge in [0.2, 0.25) is 0 Å². The third-order valence-electron chi connectivity index (χ3n) is 1.42. The lowest BCUT2D eigenvalue weighted by Crippen LogP contribution is -2.07. The zero-order valence-corrected chi connectivity index (χ0v) is 8.87. The summed E-state index contributed by atoms with van der Waals surface area (Å²) in [6.07, 6.45) is 2.43. The number of carbonyl (C=O) groups excluding carboxylic acids is 1. The van der Waals surface area contributed by atoms with E-state index in [2.05, 4.69) is 20.9 Å². The number of rotatable bonds is 3. The topological polar surface area (TPSA) is 39.2 Å². The van der Waals surface area contributed by atoms with Crippen LogP contribution >= 0.6 is 15.9 Å². The molecule has 0 N–H and O–H groups in total. The van der Waals surface area contributed by atoms with Gasteiger partial charge in [0, 0.05) is 6.20 Å². The smallest absolute Gasteiger partial charge is 0.340 e. The molecule has 1 heterocycles. The summed E-state index contributed by atoms with van der Waals surface area (Å²) in [7, 11) is 0. The molecule has 0 saturated carbocycles. The van der Waals surface area contributed by atoms with Crippen molar-refractivity contribution in [1.29, 1.82) is 0 Å². The maximum absolute atomic E-state index is 11.3. The third kappa shape index (κ3) is 2.81. The van der Waals surface area contributed by atoms with Crippen molar-refractivity contribution in [2.75, 3.05) is 6.61 Å². The number of carbonyl (C=O) groups is 1. The van der Waals surface area contributed by atoms with Crippen molar-refractivity contribution in [2.24, 2.45) is 0 Å². The molecule has 1 aromatic heterocycles. The van der Waals surface area contributed by atoms with E-state index in [1.165, 1.54) is 0 Å². The largest absolute Gasteiger partial charge is 0.462 e. The Bertz CT molecular complexity index is 301. The van der Waals surface area contributed by atoms with Gasteiger partial charge < -0.3 is 4.74 Å². The lowest BCUT2D eigenvalue weighted by molar-refractivity contribution is 0.0503. The molecule has 3 nitrogen and oxygen atoms in total. The van der Waals surface area contributed by atoms with Gasteiger partial charge in [0.25, 0.3) is 0 Å². The van der Waals surface area contributed by atoms with Crippen LogP contribution in [0.2, 0.25) is 0 Å². The molecule has 1 aromatic rings. The Morgan fingerprint density at radius 2 is 2.46 bits per heavy atom. The van der Waals surface area contributed by atoms with Crippen molar-refractivity contribution in [3.8, 4) is 0 Å². The SMILES string of the molecule is CCCOC(=O)c1cccnc1Br. The fourth-order valence-electron chi connectivity index (χ4n) is 0.811. The van der Waals surface area contributed by atoms with Crippen molar-refractivity contribution < 1.29 is 9.53 Å². The highest BCUT2D eigenvalue weighted by Crippen LogP contribution is 2.13. The maximum Gasteiger partial charge on any atom is 0.340 e. The van der Waals surface area contributed by atoms with Gasteiger partial charge in [0.1, 0.15) is 4.60 Å². The third-order valence-corrected chi connectivity index (χ3v) is 2.05. The summed E-state index contributed by atoms with van der Waals surface area (Å²) in [5.74, 6) is -0.332. The fourth-order valence-corrected chi connectivity index (χ4v) is 1.22. The van der Waals surface area contributed by atoms with E-state index in [1.807, 2.05) is 6.92 Å². The number of ether oxygens (including phenoxy) is 1. The number of hydrogen-bond donors (Lipinski definition) is 0. The predicted octanol–water partition coefficient (Wildman–Crippen LogP) is 2.41. The molecule has 0 aliphatic carbocycles. The predicted molar refractivity (Wildman–Crippen MR) is 52.5 cm³/mol. The lowest BCUT2D eigenvalue weighted by atomic mass is 10.3. The Labute approximate surface area is 85.3 Å². The Morgan fingerprint density at radius 3 is 3.08 bits per heavy atom. The Kier molecular flexibility index (Phi) is 3.89. The molecule has 0 radical (unpaired) electrons. The van der Waals surface area contributed by atoms with E-state index in [-0.39, 0.29) is 5.97 Å². The molecule has 0 aliphatic heterocycles. The number of aromatic nitrogens is 1. The number of pyridine rings is 1. The van der Waals surface area contributed by atoms with Crippen LogP contribution in [0.25, 0.3) is 0 Å². The van der Waals surface area contributed by atoms with Crippen LogP contribution in [-0.2, 0) is 4.74 Å². The average Bonchev–Trinajstić information content (AvgIpc) is 2.15. The minimum atomic E-state index is -0.332. The van der Waals surface area contributed by atoms with Crippen LogP contribution in [0, 0.1) is 0 Å². The molecule has 0 bridgehead atoms. The molecule has 1 rings (SSSR count). The van der Waals surface area contributed by atoms with E-state index in [0.29, 0.717) is 16.8 Å². The molecule has 0 aliphatic rings. The molecular formula is C9H10BrNO2.